The number of hydrogen-bond acceptors (Lipinski definition) is 6. The van der Waals surface area contributed by atoms with E-state index in [1.54, 1.807) is 19.4 Å². The van der Waals surface area contributed by atoms with Crippen LogP contribution in [0.5, 0.6) is 5.75 Å². The average molecular weight is 342 g/mol. The standard InChI is InChI=1S/C18H22N4O3/c1-24-16-6-3-14(4-7-16)21-9-11-22(12-10-21)15-5-8-17(19-13-15)20-18(23)25-2/h3-8,13H,9-12H2,1-2H3,(H,19,20,23). The molecule has 1 fully saturated rings. The predicted octanol–water partition coefficient (Wildman–Crippen LogP) is 2.60. The number of rotatable bonds is 4. The number of nitrogens with zero attached hydrogens (tertiary/aromatic N) is 3. The molecule has 0 aliphatic carbocycles. The number of pyridine rings is 1. The van der Waals surface area contributed by atoms with Crippen LogP contribution in [0.15, 0.2) is 42.6 Å². The summed E-state index contributed by atoms with van der Waals surface area (Å²) in [5.74, 6) is 1.35. The first kappa shape index (κ1) is 16.9. The van der Waals surface area contributed by atoms with Gasteiger partial charge in [-0.05, 0) is 36.4 Å². The van der Waals surface area contributed by atoms with Crippen molar-refractivity contribution in [2.45, 2.75) is 0 Å². The Kier molecular flexibility index (Phi) is 5.23. The quantitative estimate of drug-likeness (QED) is 0.921. The topological polar surface area (TPSA) is 66.9 Å². The Hall–Kier alpha value is -2.96. The largest absolute Gasteiger partial charge is 0.497 e. The number of benzene rings is 1. The van der Waals surface area contributed by atoms with E-state index in [0.29, 0.717) is 5.82 Å². The van der Waals surface area contributed by atoms with Crippen molar-refractivity contribution >= 4 is 23.3 Å². The maximum absolute atomic E-state index is 11.2. The first-order chi connectivity index (χ1) is 12.2. The maximum atomic E-state index is 11.2. The summed E-state index contributed by atoms with van der Waals surface area (Å²) in [7, 11) is 3.00. The maximum Gasteiger partial charge on any atom is 0.412 e. The van der Waals surface area contributed by atoms with Crippen LogP contribution in [0.25, 0.3) is 0 Å². The number of nitrogens with one attached hydrogen (secondary N) is 1. The van der Waals surface area contributed by atoms with Crippen LogP contribution in [0.1, 0.15) is 0 Å². The number of amides is 1. The van der Waals surface area contributed by atoms with Crippen molar-refractivity contribution in [1.82, 2.24) is 4.98 Å². The third kappa shape index (κ3) is 4.12. The summed E-state index contributed by atoms with van der Waals surface area (Å²) in [5, 5.41) is 2.55. The zero-order valence-electron chi connectivity index (χ0n) is 14.4. The van der Waals surface area contributed by atoms with Gasteiger partial charge in [0.25, 0.3) is 0 Å². The van der Waals surface area contributed by atoms with Crippen molar-refractivity contribution in [2.24, 2.45) is 0 Å². The minimum atomic E-state index is -0.520. The highest BCUT2D eigenvalue weighted by molar-refractivity contribution is 5.83. The van der Waals surface area contributed by atoms with Crippen molar-refractivity contribution in [3.05, 3.63) is 42.6 Å². The Morgan fingerprint density at radius 1 is 0.960 bits per heavy atom. The summed E-state index contributed by atoms with van der Waals surface area (Å²) in [6.45, 7) is 3.71. The molecule has 0 radical (unpaired) electrons. The molecule has 1 N–H and O–H groups in total. The Labute approximate surface area is 147 Å². The van der Waals surface area contributed by atoms with Crippen molar-refractivity contribution in [1.29, 1.82) is 0 Å². The van der Waals surface area contributed by atoms with Crippen LogP contribution in [-0.2, 0) is 4.74 Å². The molecule has 1 aliphatic rings. The van der Waals surface area contributed by atoms with Crippen molar-refractivity contribution in [3.8, 4) is 5.75 Å². The molecule has 132 valence electrons. The van der Waals surface area contributed by atoms with Gasteiger partial charge < -0.3 is 19.3 Å². The molecular weight excluding hydrogens is 320 g/mol. The van der Waals surface area contributed by atoms with E-state index >= 15 is 0 Å². The van der Waals surface area contributed by atoms with Gasteiger partial charge in [-0.25, -0.2) is 9.78 Å². The minimum absolute atomic E-state index is 0.479. The van der Waals surface area contributed by atoms with Gasteiger partial charge in [0.2, 0.25) is 0 Å². The van der Waals surface area contributed by atoms with Crippen LogP contribution in [0, 0.1) is 0 Å². The van der Waals surface area contributed by atoms with Crippen LogP contribution in [0.4, 0.5) is 22.0 Å². The summed E-state index contributed by atoms with van der Waals surface area (Å²) in [4.78, 5) is 20.1. The van der Waals surface area contributed by atoms with E-state index in [1.807, 2.05) is 18.2 Å². The first-order valence-corrected chi connectivity index (χ1v) is 8.14. The zero-order chi connectivity index (χ0) is 17.6. The molecule has 0 bridgehead atoms. The number of hydrogen-bond donors (Lipinski definition) is 1. The summed E-state index contributed by atoms with van der Waals surface area (Å²) in [6, 6.07) is 11.9. The van der Waals surface area contributed by atoms with E-state index in [0.717, 1.165) is 37.6 Å². The van der Waals surface area contributed by atoms with E-state index in [1.165, 1.54) is 12.8 Å². The number of piperazine rings is 1. The molecule has 1 aromatic heterocycles. The molecule has 1 amide bonds. The number of carbonyl (C=O) groups is 1. The lowest BCUT2D eigenvalue weighted by Gasteiger charge is -2.37. The third-order valence-electron chi connectivity index (χ3n) is 4.25. The van der Waals surface area contributed by atoms with Gasteiger partial charge in [0, 0.05) is 31.9 Å². The highest BCUT2D eigenvalue weighted by Crippen LogP contribution is 2.23. The SMILES string of the molecule is COC(=O)Nc1ccc(N2CCN(c3ccc(OC)cc3)CC2)cn1. The zero-order valence-corrected chi connectivity index (χ0v) is 14.4. The van der Waals surface area contributed by atoms with Crippen LogP contribution < -0.4 is 19.9 Å². The van der Waals surface area contributed by atoms with Crippen LogP contribution in [-0.4, -0.2) is 51.5 Å². The van der Waals surface area contributed by atoms with E-state index in [2.05, 4.69) is 37.0 Å². The summed E-state index contributed by atoms with van der Waals surface area (Å²) < 4.78 is 9.76. The molecule has 1 aromatic carbocycles. The minimum Gasteiger partial charge on any atom is -0.497 e. The van der Waals surface area contributed by atoms with Crippen LogP contribution in [0.3, 0.4) is 0 Å². The number of carbonyl (C=O) groups excluding carboxylic acids is 1. The van der Waals surface area contributed by atoms with Crippen molar-refractivity contribution < 1.29 is 14.3 Å². The van der Waals surface area contributed by atoms with Crippen molar-refractivity contribution in [3.63, 3.8) is 0 Å². The first-order valence-electron chi connectivity index (χ1n) is 8.14. The molecule has 3 rings (SSSR count). The number of methoxy groups -OCH3 is 2. The van der Waals surface area contributed by atoms with Gasteiger partial charge in [-0.15, -0.1) is 0 Å². The molecule has 7 heteroatoms. The molecule has 1 saturated heterocycles. The lowest BCUT2D eigenvalue weighted by molar-refractivity contribution is 0.187. The Morgan fingerprint density at radius 3 is 2.08 bits per heavy atom. The highest BCUT2D eigenvalue weighted by atomic mass is 16.5. The second-order valence-electron chi connectivity index (χ2n) is 5.69. The van der Waals surface area contributed by atoms with Gasteiger partial charge >= 0.3 is 6.09 Å². The average Bonchev–Trinajstić information content (AvgIpc) is 2.69. The Morgan fingerprint density at radius 2 is 1.56 bits per heavy atom. The van der Waals surface area contributed by atoms with Crippen molar-refractivity contribution in [2.75, 3.05) is 55.5 Å². The molecule has 7 nitrogen and oxygen atoms in total. The molecule has 25 heavy (non-hydrogen) atoms. The molecular formula is C18H22N4O3. The lowest BCUT2D eigenvalue weighted by atomic mass is 10.2. The molecule has 1 aliphatic heterocycles. The molecule has 0 atom stereocenters. The molecule has 0 unspecified atom stereocenters. The number of ether oxygens (including phenoxy) is 2. The number of anilines is 3. The molecule has 0 spiro atoms. The van der Waals surface area contributed by atoms with Crippen LogP contribution >= 0.6 is 0 Å². The van der Waals surface area contributed by atoms with Crippen LogP contribution in [0.2, 0.25) is 0 Å². The predicted molar refractivity (Wildman–Crippen MR) is 97.7 cm³/mol. The fraction of sp³-hybridized carbons (Fsp3) is 0.333. The smallest absolute Gasteiger partial charge is 0.412 e. The monoisotopic (exact) mass is 342 g/mol. The van der Waals surface area contributed by atoms with E-state index in [4.69, 9.17) is 4.74 Å². The fourth-order valence-electron chi connectivity index (χ4n) is 2.82. The number of aromatic nitrogens is 1. The second-order valence-corrected chi connectivity index (χ2v) is 5.69. The Balaban J connectivity index is 1.57. The Bertz CT molecular complexity index is 695. The summed E-state index contributed by atoms with van der Waals surface area (Å²) >= 11 is 0. The molecule has 0 saturated carbocycles. The van der Waals surface area contributed by atoms with E-state index < -0.39 is 6.09 Å². The summed E-state index contributed by atoms with van der Waals surface area (Å²) in [6.07, 6.45) is 1.25. The van der Waals surface area contributed by atoms with Gasteiger partial charge in [0.1, 0.15) is 11.6 Å². The van der Waals surface area contributed by atoms with Gasteiger partial charge in [-0.2, -0.15) is 0 Å². The van der Waals surface area contributed by atoms with Gasteiger partial charge in [-0.3, -0.25) is 5.32 Å². The van der Waals surface area contributed by atoms with E-state index in [-0.39, 0.29) is 0 Å². The third-order valence-corrected chi connectivity index (χ3v) is 4.25. The van der Waals surface area contributed by atoms with Gasteiger partial charge in [0.05, 0.1) is 26.1 Å². The van der Waals surface area contributed by atoms with Gasteiger partial charge in [0.15, 0.2) is 0 Å². The van der Waals surface area contributed by atoms with E-state index in [9.17, 15) is 4.79 Å². The highest BCUT2D eigenvalue weighted by Gasteiger charge is 2.18. The second kappa shape index (κ2) is 7.74. The molecule has 2 heterocycles. The summed E-state index contributed by atoms with van der Waals surface area (Å²) in [5.41, 5.74) is 2.25. The molecule has 2 aromatic rings. The van der Waals surface area contributed by atoms with Gasteiger partial charge in [-0.1, -0.05) is 0 Å². The lowest BCUT2D eigenvalue weighted by Crippen LogP contribution is -2.46. The normalized spacial score (nSPS) is 14.2. The fourth-order valence-corrected chi connectivity index (χ4v) is 2.82.